The molecule has 1 heteroatoms. The van der Waals surface area contributed by atoms with Crippen molar-refractivity contribution in [1.82, 2.24) is 5.32 Å². The minimum atomic E-state index is 0.670. The van der Waals surface area contributed by atoms with E-state index in [9.17, 15) is 0 Å². The highest BCUT2D eigenvalue weighted by molar-refractivity contribution is 5.05. The summed E-state index contributed by atoms with van der Waals surface area (Å²) in [6.07, 6.45) is 10.6. The van der Waals surface area contributed by atoms with Crippen molar-refractivity contribution < 1.29 is 0 Å². The van der Waals surface area contributed by atoms with Crippen LogP contribution in [0.3, 0.4) is 0 Å². The molecule has 1 rings (SSSR count). The van der Waals surface area contributed by atoms with Gasteiger partial charge in [-0.3, -0.25) is 0 Å². The molecule has 0 saturated heterocycles. The maximum atomic E-state index is 3.26. The number of nitrogens with one attached hydrogen (secondary N) is 1. The highest BCUT2D eigenvalue weighted by atomic mass is 14.8. The Labute approximate surface area is 76.2 Å². The average molecular weight is 167 g/mol. The molecule has 12 heavy (non-hydrogen) atoms. The first kappa shape index (κ1) is 9.79. The van der Waals surface area contributed by atoms with Crippen LogP contribution >= 0.6 is 0 Å². The van der Waals surface area contributed by atoms with Crippen molar-refractivity contribution in [2.75, 3.05) is 7.05 Å². The second-order valence-corrected chi connectivity index (χ2v) is 3.84. The standard InChI is InChI=1S/C11H21N/c1-10(12-2)6-5-9-11-7-3-4-8-11/h9-10,12H,3-8H2,1-2H3. The zero-order valence-corrected chi connectivity index (χ0v) is 8.40. The van der Waals surface area contributed by atoms with E-state index in [1.807, 2.05) is 7.05 Å². The molecule has 0 aromatic rings. The second-order valence-electron chi connectivity index (χ2n) is 3.84. The predicted octanol–water partition coefficient (Wildman–Crippen LogP) is 2.87. The Bertz CT molecular complexity index is 141. The summed E-state index contributed by atoms with van der Waals surface area (Å²) in [5.74, 6) is 0. The number of hydrogen-bond acceptors (Lipinski definition) is 1. The van der Waals surface area contributed by atoms with Crippen molar-refractivity contribution in [2.45, 2.75) is 51.5 Å². The van der Waals surface area contributed by atoms with Gasteiger partial charge in [0.1, 0.15) is 0 Å². The molecule has 1 N–H and O–H groups in total. The molecule has 1 atom stereocenters. The lowest BCUT2D eigenvalue weighted by molar-refractivity contribution is 0.569. The molecular weight excluding hydrogens is 146 g/mol. The van der Waals surface area contributed by atoms with Gasteiger partial charge in [-0.1, -0.05) is 11.6 Å². The van der Waals surface area contributed by atoms with Crippen molar-refractivity contribution in [1.29, 1.82) is 0 Å². The van der Waals surface area contributed by atoms with E-state index in [0.29, 0.717) is 6.04 Å². The van der Waals surface area contributed by atoms with Crippen LogP contribution in [0.5, 0.6) is 0 Å². The first-order valence-corrected chi connectivity index (χ1v) is 5.18. The van der Waals surface area contributed by atoms with Gasteiger partial charge in [0.25, 0.3) is 0 Å². The molecule has 0 aromatic carbocycles. The highest BCUT2D eigenvalue weighted by Crippen LogP contribution is 2.24. The summed E-state index contributed by atoms with van der Waals surface area (Å²) in [7, 11) is 2.04. The third-order valence-corrected chi connectivity index (χ3v) is 2.77. The molecule has 0 amide bonds. The molecule has 0 heterocycles. The van der Waals surface area contributed by atoms with Gasteiger partial charge in [0.15, 0.2) is 0 Å². The normalized spacial score (nSPS) is 19.7. The van der Waals surface area contributed by atoms with Gasteiger partial charge in [-0.2, -0.15) is 0 Å². The van der Waals surface area contributed by atoms with Crippen molar-refractivity contribution >= 4 is 0 Å². The van der Waals surface area contributed by atoms with Crippen LogP contribution in [0.1, 0.15) is 45.4 Å². The second kappa shape index (κ2) is 5.36. The quantitative estimate of drug-likeness (QED) is 0.635. The molecule has 1 unspecified atom stereocenters. The minimum Gasteiger partial charge on any atom is -0.317 e. The lowest BCUT2D eigenvalue weighted by Crippen LogP contribution is -2.20. The van der Waals surface area contributed by atoms with Gasteiger partial charge < -0.3 is 5.32 Å². The summed E-state index contributed by atoms with van der Waals surface area (Å²) < 4.78 is 0. The zero-order chi connectivity index (χ0) is 8.81. The first-order chi connectivity index (χ1) is 5.83. The van der Waals surface area contributed by atoms with Gasteiger partial charge >= 0.3 is 0 Å². The fourth-order valence-electron chi connectivity index (χ4n) is 1.72. The molecular formula is C11H21N. The molecule has 1 fully saturated rings. The van der Waals surface area contributed by atoms with Crippen LogP contribution in [0.15, 0.2) is 11.6 Å². The molecule has 0 aromatic heterocycles. The SMILES string of the molecule is CNC(C)CCC=C1CCCC1. The van der Waals surface area contributed by atoms with Gasteiger partial charge in [0.05, 0.1) is 0 Å². The third kappa shape index (κ3) is 3.40. The summed E-state index contributed by atoms with van der Waals surface area (Å²) in [6, 6.07) is 0.670. The summed E-state index contributed by atoms with van der Waals surface area (Å²) >= 11 is 0. The van der Waals surface area contributed by atoms with E-state index >= 15 is 0 Å². The van der Waals surface area contributed by atoms with E-state index in [0.717, 1.165) is 0 Å². The summed E-state index contributed by atoms with van der Waals surface area (Å²) in [5, 5.41) is 3.26. The third-order valence-electron chi connectivity index (χ3n) is 2.77. The van der Waals surface area contributed by atoms with Gasteiger partial charge in [-0.15, -0.1) is 0 Å². The molecule has 1 aliphatic rings. The van der Waals surface area contributed by atoms with Crippen LogP contribution in [0.25, 0.3) is 0 Å². The number of rotatable bonds is 4. The summed E-state index contributed by atoms with van der Waals surface area (Å²) in [4.78, 5) is 0. The molecule has 1 nitrogen and oxygen atoms in total. The smallest absolute Gasteiger partial charge is 0.00386 e. The largest absolute Gasteiger partial charge is 0.317 e. The molecule has 0 spiro atoms. The van der Waals surface area contributed by atoms with Gasteiger partial charge in [0, 0.05) is 6.04 Å². The van der Waals surface area contributed by atoms with Crippen LogP contribution in [0, 0.1) is 0 Å². The van der Waals surface area contributed by atoms with E-state index in [2.05, 4.69) is 18.3 Å². The zero-order valence-electron chi connectivity index (χ0n) is 8.40. The fraction of sp³-hybridized carbons (Fsp3) is 0.818. The average Bonchev–Trinajstić information content (AvgIpc) is 2.57. The lowest BCUT2D eigenvalue weighted by Gasteiger charge is -2.07. The lowest BCUT2D eigenvalue weighted by atomic mass is 10.1. The molecule has 0 radical (unpaired) electrons. The summed E-state index contributed by atoms with van der Waals surface area (Å²) in [6.45, 7) is 2.24. The monoisotopic (exact) mass is 167 g/mol. The van der Waals surface area contributed by atoms with E-state index in [-0.39, 0.29) is 0 Å². The Balaban J connectivity index is 2.11. The topological polar surface area (TPSA) is 12.0 Å². The van der Waals surface area contributed by atoms with E-state index in [1.165, 1.54) is 38.5 Å². The van der Waals surface area contributed by atoms with Crippen LogP contribution in [-0.4, -0.2) is 13.1 Å². The van der Waals surface area contributed by atoms with Crippen molar-refractivity contribution in [3.05, 3.63) is 11.6 Å². The Morgan fingerprint density at radius 2 is 2.08 bits per heavy atom. The molecule has 0 bridgehead atoms. The predicted molar refractivity (Wildman–Crippen MR) is 54.3 cm³/mol. The van der Waals surface area contributed by atoms with E-state index < -0.39 is 0 Å². The first-order valence-electron chi connectivity index (χ1n) is 5.18. The van der Waals surface area contributed by atoms with Gasteiger partial charge in [0.2, 0.25) is 0 Å². The van der Waals surface area contributed by atoms with Gasteiger partial charge in [-0.05, 0) is 52.5 Å². The number of hydrogen-bond donors (Lipinski definition) is 1. The molecule has 1 aliphatic carbocycles. The van der Waals surface area contributed by atoms with Crippen molar-refractivity contribution in [3.8, 4) is 0 Å². The Morgan fingerprint density at radius 1 is 1.42 bits per heavy atom. The molecule has 70 valence electrons. The van der Waals surface area contributed by atoms with Crippen molar-refractivity contribution in [2.24, 2.45) is 0 Å². The maximum Gasteiger partial charge on any atom is 0.00386 e. The molecule has 0 aliphatic heterocycles. The van der Waals surface area contributed by atoms with Crippen LogP contribution in [0.4, 0.5) is 0 Å². The highest BCUT2D eigenvalue weighted by Gasteiger charge is 2.05. The van der Waals surface area contributed by atoms with Crippen molar-refractivity contribution in [3.63, 3.8) is 0 Å². The fourth-order valence-corrected chi connectivity index (χ4v) is 1.72. The van der Waals surface area contributed by atoms with E-state index in [4.69, 9.17) is 0 Å². The maximum absolute atomic E-state index is 3.26. The van der Waals surface area contributed by atoms with Gasteiger partial charge in [-0.25, -0.2) is 0 Å². The Hall–Kier alpha value is -0.300. The van der Waals surface area contributed by atoms with Crippen LogP contribution in [0.2, 0.25) is 0 Å². The summed E-state index contributed by atoms with van der Waals surface area (Å²) in [5.41, 5.74) is 1.71. The van der Waals surface area contributed by atoms with Crippen LogP contribution in [-0.2, 0) is 0 Å². The number of allylic oxidation sites excluding steroid dienone is 2. The Morgan fingerprint density at radius 3 is 2.67 bits per heavy atom. The Kier molecular flexibility index (Phi) is 4.37. The van der Waals surface area contributed by atoms with E-state index in [1.54, 1.807) is 5.57 Å². The molecule has 1 saturated carbocycles. The minimum absolute atomic E-state index is 0.670. The van der Waals surface area contributed by atoms with Crippen LogP contribution < -0.4 is 5.32 Å².